The molecule has 1 heterocycles. The molecule has 102 valence electrons. The lowest BCUT2D eigenvalue weighted by molar-refractivity contribution is 0.406. The van der Waals surface area contributed by atoms with Gasteiger partial charge in [0.1, 0.15) is 23.1 Å². The van der Waals surface area contributed by atoms with Crippen LogP contribution in [0.1, 0.15) is 30.0 Å². The largest absolute Gasteiger partial charge is 0.497 e. The second kappa shape index (κ2) is 5.89. The summed E-state index contributed by atoms with van der Waals surface area (Å²) in [5.74, 6) is 2.13. The van der Waals surface area contributed by atoms with E-state index in [-0.39, 0.29) is 11.9 Å². The molecular formula is C15H18FNO2. The Labute approximate surface area is 112 Å². The molecule has 2 aromatic rings. The fourth-order valence-electron chi connectivity index (χ4n) is 1.86. The fourth-order valence-corrected chi connectivity index (χ4v) is 1.86. The average molecular weight is 263 g/mol. The van der Waals surface area contributed by atoms with Crippen molar-refractivity contribution < 1.29 is 13.5 Å². The van der Waals surface area contributed by atoms with Crippen LogP contribution in [0.25, 0.3) is 0 Å². The highest BCUT2D eigenvalue weighted by atomic mass is 19.1. The van der Waals surface area contributed by atoms with Crippen molar-refractivity contribution in [1.82, 2.24) is 5.32 Å². The van der Waals surface area contributed by atoms with Crippen LogP contribution in [0.15, 0.2) is 34.7 Å². The minimum absolute atomic E-state index is 0.0271. The lowest BCUT2D eigenvalue weighted by Gasteiger charge is -2.12. The molecule has 0 radical (unpaired) electrons. The maximum atomic E-state index is 13.6. The smallest absolute Gasteiger partial charge is 0.127 e. The number of ether oxygens (including phenoxy) is 1. The van der Waals surface area contributed by atoms with Crippen molar-refractivity contribution in [2.24, 2.45) is 0 Å². The van der Waals surface area contributed by atoms with Crippen molar-refractivity contribution in [3.8, 4) is 5.75 Å². The second-order valence-electron chi connectivity index (χ2n) is 4.51. The Morgan fingerprint density at radius 1 is 1.32 bits per heavy atom. The second-order valence-corrected chi connectivity index (χ2v) is 4.51. The van der Waals surface area contributed by atoms with Crippen LogP contribution in [0.5, 0.6) is 5.75 Å². The number of hydrogen-bond donors (Lipinski definition) is 1. The monoisotopic (exact) mass is 263 g/mol. The Morgan fingerprint density at radius 2 is 2.11 bits per heavy atom. The van der Waals surface area contributed by atoms with Gasteiger partial charge in [-0.25, -0.2) is 4.39 Å². The van der Waals surface area contributed by atoms with Gasteiger partial charge < -0.3 is 14.5 Å². The Bertz CT molecular complexity index is 551. The quantitative estimate of drug-likeness (QED) is 0.895. The van der Waals surface area contributed by atoms with Crippen molar-refractivity contribution in [2.75, 3.05) is 7.11 Å². The number of aryl methyl sites for hydroxylation is 1. The van der Waals surface area contributed by atoms with Crippen molar-refractivity contribution in [3.05, 3.63) is 53.2 Å². The molecule has 19 heavy (non-hydrogen) atoms. The summed E-state index contributed by atoms with van der Waals surface area (Å²) in [6.45, 7) is 4.30. The Morgan fingerprint density at radius 3 is 2.74 bits per heavy atom. The van der Waals surface area contributed by atoms with Crippen molar-refractivity contribution in [2.45, 2.75) is 26.4 Å². The molecule has 0 amide bonds. The van der Waals surface area contributed by atoms with Crippen LogP contribution in [0, 0.1) is 12.7 Å². The first-order chi connectivity index (χ1) is 9.10. The molecule has 2 rings (SSSR count). The highest BCUT2D eigenvalue weighted by molar-refractivity contribution is 5.29. The van der Waals surface area contributed by atoms with Crippen LogP contribution in [-0.4, -0.2) is 7.11 Å². The van der Waals surface area contributed by atoms with E-state index in [9.17, 15) is 4.39 Å². The maximum absolute atomic E-state index is 13.6. The van der Waals surface area contributed by atoms with Gasteiger partial charge in [-0.3, -0.25) is 0 Å². The number of hydrogen-bond acceptors (Lipinski definition) is 3. The maximum Gasteiger partial charge on any atom is 0.127 e. The predicted molar refractivity (Wildman–Crippen MR) is 71.7 cm³/mol. The van der Waals surface area contributed by atoms with Crippen LogP contribution in [0.2, 0.25) is 0 Å². The van der Waals surface area contributed by atoms with Gasteiger partial charge in [0.25, 0.3) is 0 Å². The number of rotatable bonds is 5. The molecule has 1 aromatic carbocycles. The molecule has 0 aliphatic heterocycles. The van der Waals surface area contributed by atoms with Gasteiger partial charge in [-0.2, -0.15) is 0 Å². The van der Waals surface area contributed by atoms with Gasteiger partial charge in [0.05, 0.1) is 13.2 Å². The van der Waals surface area contributed by atoms with E-state index in [0.29, 0.717) is 17.9 Å². The summed E-state index contributed by atoms with van der Waals surface area (Å²) in [7, 11) is 1.57. The van der Waals surface area contributed by atoms with E-state index < -0.39 is 0 Å². The highest BCUT2D eigenvalue weighted by Gasteiger charge is 2.10. The van der Waals surface area contributed by atoms with Gasteiger partial charge >= 0.3 is 0 Å². The van der Waals surface area contributed by atoms with E-state index in [0.717, 1.165) is 11.5 Å². The van der Waals surface area contributed by atoms with E-state index in [2.05, 4.69) is 5.32 Å². The van der Waals surface area contributed by atoms with Gasteiger partial charge in [0.15, 0.2) is 0 Å². The summed E-state index contributed by atoms with van der Waals surface area (Å²) < 4.78 is 24.3. The van der Waals surface area contributed by atoms with E-state index in [1.807, 2.05) is 26.0 Å². The van der Waals surface area contributed by atoms with E-state index >= 15 is 0 Å². The first kappa shape index (κ1) is 13.6. The summed E-state index contributed by atoms with van der Waals surface area (Å²) >= 11 is 0. The normalized spacial score (nSPS) is 12.4. The molecule has 0 aliphatic rings. The summed E-state index contributed by atoms with van der Waals surface area (Å²) in [6.07, 6.45) is 0. The number of methoxy groups -OCH3 is 1. The molecular weight excluding hydrogens is 245 g/mol. The molecule has 1 unspecified atom stereocenters. The minimum Gasteiger partial charge on any atom is -0.497 e. The van der Waals surface area contributed by atoms with Crippen LogP contribution in [0.4, 0.5) is 4.39 Å². The van der Waals surface area contributed by atoms with E-state index in [1.54, 1.807) is 19.2 Å². The first-order valence-corrected chi connectivity index (χ1v) is 6.22. The lowest BCUT2D eigenvalue weighted by Crippen LogP contribution is -2.18. The third-order valence-electron chi connectivity index (χ3n) is 3.04. The number of halogens is 1. The van der Waals surface area contributed by atoms with Crippen LogP contribution >= 0.6 is 0 Å². The summed E-state index contributed by atoms with van der Waals surface area (Å²) in [4.78, 5) is 0. The highest BCUT2D eigenvalue weighted by Crippen LogP contribution is 2.19. The SMILES string of the molecule is COc1ccc(F)c(CNC(C)c2ccc(C)o2)c1. The Balaban J connectivity index is 2.02. The predicted octanol–water partition coefficient (Wildman–Crippen LogP) is 3.59. The molecule has 1 aromatic heterocycles. The third kappa shape index (κ3) is 3.35. The molecule has 0 aliphatic carbocycles. The molecule has 1 atom stereocenters. The van der Waals surface area contributed by atoms with Crippen molar-refractivity contribution >= 4 is 0 Å². The van der Waals surface area contributed by atoms with Crippen molar-refractivity contribution in [3.63, 3.8) is 0 Å². The minimum atomic E-state index is -0.240. The standard InChI is InChI=1S/C15H18FNO2/c1-10-4-7-15(19-10)11(2)17-9-12-8-13(18-3)5-6-14(12)16/h4-8,11,17H,9H2,1-3H3. The zero-order valence-corrected chi connectivity index (χ0v) is 11.4. The molecule has 3 nitrogen and oxygen atoms in total. The van der Waals surface area contributed by atoms with Gasteiger partial charge in [-0.1, -0.05) is 0 Å². The van der Waals surface area contributed by atoms with Gasteiger partial charge in [-0.05, 0) is 44.2 Å². The number of benzene rings is 1. The number of furan rings is 1. The molecule has 4 heteroatoms. The molecule has 0 fully saturated rings. The zero-order valence-electron chi connectivity index (χ0n) is 11.4. The van der Waals surface area contributed by atoms with Gasteiger partial charge in [0, 0.05) is 12.1 Å². The summed E-state index contributed by atoms with van der Waals surface area (Å²) in [6, 6.07) is 8.59. The van der Waals surface area contributed by atoms with Crippen LogP contribution < -0.4 is 10.1 Å². The van der Waals surface area contributed by atoms with Crippen molar-refractivity contribution in [1.29, 1.82) is 0 Å². The van der Waals surface area contributed by atoms with Gasteiger partial charge in [-0.15, -0.1) is 0 Å². The lowest BCUT2D eigenvalue weighted by atomic mass is 10.1. The molecule has 0 saturated carbocycles. The molecule has 0 bridgehead atoms. The van der Waals surface area contributed by atoms with Gasteiger partial charge in [0.2, 0.25) is 0 Å². The topological polar surface area (TPSA) is 34.4 Å². The third-order valence-corrected chi connectivity index (χ3v) is 3.04. The zero-order chi connectivity index (χ0) is 13.8. The van der Waals surface area contributed by atoms with E-state index in [1.165, 1.54) is 6.07 Å². The molecule has 1 N–H and O–H groups in total. The Hall–Kier alpha value is -1.81. The van der Waals surface area contributed by atoms with Crippen LogP contribution in [-0.2, 0) is 6.54 Å². The van der Waals surface area contributed by atoms with E-state index in [4.69, 9.17) is 9.15 Å². The fraction of sp³-hybridized carbons (Fsp3) is 0.333. The van der Waals surface area contributed by atoms with Crippen LogP contribution in [0.3, 0.4) is 0 Å². The molecule has 0 saturated heterocycles. The average Bonchev–Trinajstić information content (AvgIpc) is 2.84. The number of nitrogens with one attached hydrogen (secondary N) is 1. The summed E-state index contributed by atoms with van der Waals surface area (Å²) in [5.41, 5.74) is 0.578. The molecule has 0 spiro atoms. The first-order valence-electron chi connectivity index (χ1n) is 6.22. The Kier molecular flexibility index (Phi) is 4.22. The summed E-state index contributed by atoms with van der Waals surface area (Å²) in [5, 5.41) is 3.23.